The number of aryl methyl sites for hydroxylation is 1. The zero-order valence-corrected chi connectivity index (χ0v) is 12.3. The Morgan fingerprint density at radius 1 is 1.45 bits per heavy atom. The molecule has 0 bridgehead atoms. The van der Waals surface area contributed by atoms with E-state index in [-0.39, 0.29) is 5.11 Å². The molecule has 5 nitrogen and oxygen atoms in total. The van der Waals surface area contributed by atoms with Crippen molar-refractivity contribution in [1.82, 2.24) is 15.4 Å². The molecule has 0 radical (unpaired) electrons. The van der Waals surface area contributed by atoms with Gasteiger partial charge in [-0.25, -0.2) is 5.84 Å². The van der Waals surface area contributed by atoms with Crippen LogP contribution in [0.5, 0.6) is 0 Å². The number of nitrogens with zero attached hydrogens (tertiary/aromatic N) is 2. The molecule has 6 heteroatoms. The Morgan fingerprint density at radius 2 is 2.25 bits per heavy atom. The van der Waals surface area contributed by atoms with Crippen LogP contribution in [-0.2, 0) is 6.54 Å². The van der Waals surface area contributed by atoms with Gasteiger partial charge in [0.2, 0.25) is 5.11 Å². The molecule has 4 N–H and O–H groups in total. The van der Waals surface area contributed by atoms with Crippen molar-refractivity contribution in [3.05, 3.63) is 36.0 Å². The van der Waals surface area contributed by atoms with Crippen molar-refractivity contribution in [3.8, 4) is 0 Å². The first-order valence-electron chi connectivity index (χ1n) is 6.63. The largest absolute Gasteiger partial charge is 0.347 e. The highest BCUT2D eigenvalue weighted by molar-refractivity contribution is 7.80. The van der Waals surface area contributed by atoms with Crippen molar-refractivity contribution >= 4 is 34.4 Å². The predicted molar refractivity (Wildman–Crippen MR) is 87.5 cm³/mol. The number of aromatic nitrogens is 1. The summed E-state index contributed by atoms with van der Waals surface area (Å²) in [6, 6.07) is 8.31. The summed E-state index contributed by atoms with van der Waals surface area (Å²) in [5.74, 6) is 5.17. The lowest BCUT2D eigenvalue weighted by Crippen LogP contribution is -2.37. The van der Waals surface area contributed by atoms with Crippen LogP contribution in [0.4, 0.5) is 0 Å². The molecule has 20 heavy (non-hydrogen) atoms. The fraction of sp³-hybridized carbons (Fsp3) is 0.286. The molecule has 2 aromatic rings. The third-order valence-corrected chi connectivity index (χ3v) is 3.28. The summed E-state index contributed by atoms with van der Waals surface area (Å²) in [6.07, 6.45) is 6.21. The van der Waals surface area contributed by atoms with Crippen LogP contribution >= 0.6 is 12.2 Å². The molecule has 0 atom stereocenters. The third kappa shape index (κ3) is 3.34. The highest BCUT2D eigenvalue weighted by atomic mass is 32.1. The molecule has 0 saturated heterocycles. The minimum Gasteiger partial charge on any atom is -0.347 e. The maximum atomic E-state index is 5.17. The molecule has 1 aromatic heterocycles. The predicted octanol–water partition coefficient (Wildman–Crippen LogP) is 2.11. The van der Waals surface area contributed by atoms with Gasteiger partial charge in [-0.3, -0.25) is 10.9 Å². The molecule has 2 rings (SSSR count). The van der Waals surface area contributed by atoms with Crippen LogP contribution in [0.15, 0.2) is 35.6 Å². The van der Waals surface area contributed by atoms with Gasteiger partial charge in [-0.1, -0.05) is 31.5 Å². The Balaban J connectivity index is 2.26. The maximum Gasteiger partial charge on any atom is 0.201 e. The smallest absolute Gasteiger partial charge is 0.201 e. The molecule has 1 aromatic carbocycles. The van der Waals surface area contributed by atoms with Crippen LogP contribution in [0, 0.1) is 0 Å². The summed E-state index contributed by atoms with van der Waals surface area (Å²) in [4.78, 5) is 0. The van der Waals surface area contributed by atoms with E-state index in [0.717, 1.165) is 18.5 Å². The van der Waals surface area contributed by atoms with Gasteiger partial charge in [0.1, 0.15) is 0 Å². The van der Waals surface area contributed by atoms with Crippen molar-refractivity contribution in [2.24, 2.45) is 10.9 Å². The Hall–Kier alpha value is -1.92. The number of unbranched alkanes of at least 4 members (excludes halogenated alkanes) is 1. The molecule has 0 aliphatic rings. The standard InChI is InChI=1S/C14H19N5S/c1-2-3-8-19-10-11(9-16-18-14(20)17-15)12-6-4-5-7-13(12)19/h4-7,9-10H,2-3,8,15H2,1H3,(H2,17,18,20)/b16-9+. The van der Waals surface area contributed by atoms with E-state index >= 15 is 0 Å². The first-order chi connectivity index (χ1) is 9.76. The molecule has 0 aliphatic carbocycles. The Kier molecular flexibility index (Phi) is 5.09. The van der Waals surface area contributed by atoms with Gasteiger partial charge in [0.05, 0.1) is 6.21 Å². The Morgan fingerprint density at radius 3 is 3.00 bits per heavy atom. The van der Waals surface area contributed by atoms with E-state index in [0.29, 0.717) is 0 Å². The molecule has 106 valence electrons. The minimum absolute atomic E-state index is 0.288. The van der Waals surface area contributed by atoms with Gasteiger partial charge in [-0.05, 0) is 24.7 Å². The van der Waals surface area contributed by atoms with E-state index in [1.807, 2.05) is 6.07 Å². The van der Waals surface area contributed by atoms with Crippen LogP contribution in [0.2, 0.25) is 0 Å². The van der Waals surface area contributed by atoms with Crippen LogP contribution in [0.25, 0.3) is 10.9 Å². The summed E-state index contributed by atoms with van der Waals surface area (Å²) >= 11 is 4.86. The fourth-order valence-electron chi connectivity index (χ4n) is 2.08. The Bertz CT molecular complexity index is 617. The number of thiocarbonyl (C=S) groups is 1. The zero-order chi connectivity index (χ0) is 14.4. The molecule has 0 saturated carbocycles. The van der Waals surface area contributed by atoms with Crippen molar-refractivity contribution in [2.75, 3.05) is 0 Å². The number of fused-ring (bicyclic) bond motifs is 1. The highest BCUT2D eigenvalue weighted by Crippen LogP contribution is 2.20. The van der Waals surface area contributed by atoms with Crippen LogP contribution in [0.1, 0.15) is 25.3 Å². The number of para-hydroxylation sites is 1. The summed E-state index contributed by atoms with van der Waals surface area (Å²) in [5, 5.41) is 5.55. The van der Waals surface area contributed by atoms with Crippen molar-refractivity contribution in [3.63, 3.8) is 0 Å². The average molecular weight is 289 g/mol. The topological polar surface area (TPSA) is 67.4 Å². The minimum atomic E-state index is 0.288. The summed E-state index contributed by atoms with van der Waals surface area (Å²) in [7, 11) is 0. The third-order valence-electron chi connectivity index (χ3n) is 3.07. The summed E-state index contributed by atoms with van der Waals surface area (Å²) in [5.41, 5.74) is 7.26. The second kappa shape index (κ2) is 7.02. The van der Waals surface area contributed by atoms with Gasteiger partial charge in [0, 0.05) is 29.2 Å². The normalized spacial score (nSPS) is 11.1. The second-order valence-electron chi connectivity index (χ2n) is 4.49. The van der Waals surface area contributed by atoms with Crippen LogP contribution in [0.3, 0.4) is 0 Å². The van der Waals surface area contributed by atoms with Gasteiger partial charge < -0.3 is 4.57 Å². The van der Waals surface area contributed by atoms with E-state index < -0.39 is 0 Å². The molecule has 0 aliphatic heterocycles. The number of rotatable bonds is 5. The van der Waals surface area contributed by atoms with E-state index in [2.05, 4.69) is 51.8 Å². The first kappa shape index (κ1) is 14.5. The van der Waals surface area contributed by atoms with Crippen molar-refractivity contribution < 1.29 is 0 Å². The van der Waals surface area contributed by atoms with Gasteiger partial charge in [-0.2, -0.15) is 5.10 Å². The molecule has 0 fully saturated rings. The van der Waals surface area contributed by atoms with Gasteiger partial charge in [0.15, 0.2) is 0 Å². The molecule has 1 heterocycles. The van der Waals surface area contributed by atoms with Crippen LogP contribution in [-0.4, -0.2) is 15.9 Å². The van der Waals surface area contributed by atoms with Gasteiger partial charge in [-0.15, -0.1) is 0 Å². The lowest BCUT2D eigenvalue weighted by Gasteiger charge is -2.02. The first-order valence-corrected chi connectivity index (χ1v) is 7.04. The number of hydrogen-bond acceptors (Lipinski definition) is 3. The van der Waals surface area contributed by atoms with E-state index in [4.69, 9.17) is 18.1 Å². The van der Waals surface area contributed by atoms with E-state index in [9.17, 15) is 0 Å². The van der Waals surface area contributed by atoms with Gasteiger partial charge in [0.25, 0.3) is 0 Å². The maximum absolute atomic E-state index is 5.17. The highest BCUT2D eigenvalue weighted by Gasteiger charge is 2.05. The lowest BCUT2D eigenvalue weighted by molar-refractivity contribution is 0.650. The second-order valence-corrected chi connectivity index (χ2v) is 4.90. The zero-order valence-electron chi connectivity index (χ0n) is 11.5. The van der Waals surface area contributed by atoms with Crippen LogP contribution < -0.4 is 16.7 Å². The quantitative estimate of drug-likeness (QED) is 0.341. The Labute approximate surface area is 123 Å². The summed E-state index contributed by atoms with van der Waals surface area (Å²) < 4.78 is 2.26. The van der Waals surface area contributed by atoms with E-state index in [1.165, 1.54) is 17.3 Å². The average Bonchev–Trinajstić information content (AvgIpc) is 2.83. The molecular formula is C14H19N5S. The fourth-order valence-corrected chi connectivity index (χ4v) is 2.14. The molecular weight excluding hydrogens is 270 g/mol. The monoisotopic (exact) mass is 289 g/mol. The number of nitrogens with one attached hydrogen (secondary N) is 2. The number of benzene rings is 1. The van der Waals surface area contributed by atoms with Crippen molar-refractivity contribution in [1.29, 1.82) is 0 Å². The number of hydrogen-bond donors (Lipinski definition) is 3. The van der Waals surface area contributed by atoms with E-state index in [1.54, 1.807) is 6.21 Å². The summed E-state index contributed by atoms with van der Waals surface area (Å²) in [6.45, 7) is 3.21. The lowest BCUT2D eigenvalue weighted by atomic mass is 10.2. The molecule has 0 amide bonds. The number of nitrogens with two attached hydrogens (primary N) is 1. The number of hydrazone groups is 1. The molecule has 0 spiro atoms. The number of hydrazine groups is 1. The van der Waals surface area contributed by atoms with Crippen molar-refractivity contribution in [2.45, 2.75) is 26.3 Å². The van der Waals surface area contributed by atoms with Gasteiger partial charge >= 0.3 is 0 Å². The molecule has 0 unspecified atom stereocenters. The SMILES string of the molecule is CCCCn1cc(/C=N/NC(=S)NN)c2ccccc21.